The molecule has 2 aromatic heterocycles. The maximum absolute atomic E-state index is 12.8. The van der Waals surface area contributed by atoms with E-state index < -0.39 is 0 Å². The Kier molecular flexibility index (Phi) is 4.56. The zero-order chi connectivity index (χ0) is 17.1. The molecule has 1 amide bonds. The quantitative estimate of drug-likeness (QED) is 0.841. The van der Waals surface area contributed by atoms with Gasteiger partial charge in [-0.2, -0.15) is 0 Å². The summed E-state index contributed by atoms with van der Waals surface area (Å²) in [5.74, 6) is 0.899. The van der Waals surface area contributed by atoms with Crippen molar-refractivity contribution >= 4 is 5.91 Å². The van der Waals surface area contributed by atoms with Gasteiger partial charge in [-0.05, 0) is 24.8 Å². The Morgan fingerprint density at radius 1 is 1.24 bits per heavy atom. The first-order valence-electron chi connectivity index (χ1n) is 8.53. The van der Waals surface area contributed by atoms with Crippen LogP contribution >= 0.6 is 0 Å². The number of aromatic nitrogens is 3. The van der Waals surface area contributed by atoms with E-state index in [0.29, 0.717) is 37.3 Å². The zero-order valence-electron chi connectivity index (χ0n) is 13.8. The van der Waals surface area contributed by atoms with Gasteiger partial charge in [-0.15, -0.1) is 0 Å². The molecule has 0 unspecified atom stereocenters. The van der Waals surface area contributed by atoms with Crippen molar-refractivity contribution in [2.45, 2.75) is 25.0 Å². The standard InChI is InChI=1S/C18H20N4O3/c23-18(14-11-19-5-6-20-14)22-7-8-24-16-10-13(9-15(16)22)12-25-17-3-1-2-4-21-17/h1-6,11,13,15-16H,7-10,12H2/t13-,15+,16+/m0/s1. The maximum atomic E-state index is 12.8. The van der Waals surface area contributed by atoms with Gasteiger partial charge in [-0.25, -0.2) is 9.97 Å². The van der Waals surface area contributed by atoms with Crippen LogP contribution < -0.4 is 4.74 Å². The van der Waals surface area contributed by atoms with E-state index in [1.54, 1.807) is 18.6 Å². The van der Waals surface area contributed by atoms with Crippen molar-refractivity contribution in [3.8, 4) is 5.88 Å². The van der Waals surface area contributed by atoms with Crippen LogP contribution in [0.4, 0.5) is 0 Å². The number of ether oxygens (including phenoxy) is 2. The molecule has 3 heterocycles. The highest BCUT2D eigenvalue weighted by Crippen LogP contribution is 2.35. The summed E-state index contributed by atoms with van der Waals surface area (Å²) < 4.78 is 11.7. The van der Waals surface area contributed by atoms with Crippen LogP contribution in [0, 0.1) is 5.92 Å². The second-order valence-electron chi connectivity index (χ2n) is 6.38. The molecule has 0 spiro atoms. The molecule has 0 bridgehead atoms. The SMILES string of the molecule is O=C(c1cnccn1)N1CCO[C@@H]2C[C@@H](COc3ccccn3)C[C@H]21. The number of pyridine rings is 1. The summed E-state index contributed by atoms with van der Waals surface area (Å²) in [4.78, 5) is 27.0. The molecule has 1 saturated heterocycles. The summed E-state index contributed by atoms with van der Waals surface area (Å²) >= 11 is 0. The third-order valence-corrected chi connectivity index (χ3v) is 4.78. The second kappa shape index (κ2) is 7.14. The zero-order valence-corrected chi connectivity index (χ0v) is 13.8. The number of hydrogen-bond acceptors (Lipinski definition) is 6. The van der Waals surface area contributed by atoms with E-state index in [0.717, 1.165) is 12.8 Å². The summed E-state index contributed by atoms with van der Waals surface area (Å²) in [6.45, 7) is 1.73. The molecule has 1 saturated carbocycles. The van der Waals surface area contributed by atoms with Crippen molar-refractivity contribution < 1.29 is 14.3 Å². The third-order valence-electron chi connectivity index (χ3n) is 4.78. The molecule has 0 aromatic carbocycles. The van der Waals surface area contributed by atoms with Gasteiger partial charge in [-0.1, -0.05) is 6.07 Å². The number of fused-ring (bicyclic) bond motifs is 1. The second-order valence-corrected chi connectivity index (χ2v) is 6.38. The number of hydrogen-bond donors (Lipinski definition) is 0. The van der Waals surface area contributed by atoms with E-state index in [-0.39, 0.29) is 18.1 Å². The van der Waals surface area contributed by atoms with Gasteiger partial charge in [0.2, 0.25) is 5.88 Å². The fourth-order valence-corrected chi connectivity index (χ4v) is 3.63. The number of carbonyl (C=O) groups excluding carboxylic acids is 1. The number of carbonyl (C=O) groups is 1. The van der Waals surface area contributed by atoms with Crippen molar-refractivity contribution in [2.75, 3.05) is 19.8 Å². The van der Waals surface area contributed by atoms with Crippen molar-refractivity contribution in [1.82, 2.24) is 19.9 Å². The van der Waals surface area contributed by atoms with E-state index >= 15 is 0 Å². The number of nitrogens with zero attached hydrogens (tertiary/aromatic N) is 4. The van der Waals surface area contributed by atoms with Crippen LogP contribution in [0.1, 0.15) is 23.3 Å². The van der Waals surface area contributed by atoms with Gasteiger partial charge in [0, 0.05) is 31.2 Å². The molecule has 4 rings (SSSR count). The topological polar surface area (TPSA) is 77.4 Å². The number of rotatable bonds is 4. The van der Waals surface area contributed by atoms with Gasteiger partial charge in [0.05, 0.1) is 31.6 Å². The Morgan fingerprint density at radius 2 is 2.20 bits per heavy atom. The molecule has 130 valence electrons. The average molecular weight is 340 g/mol. The van der Waals surface area contributed by atoms with Crippen molar-refractivity contribution in [3.63, 3.8) is 0 Å². The Morgan fingerprint density at radius 3 is 3.00 bits per heavy atom. The molecular formula is C18H20N4O3. The predicted octanol–water partition coefficient (Wildman–Crippen LogP) is 1.57. The highest BCUT2D eigenvalue weighted by molar-refractivity contribution is 5.92. The predicted molar refractivity (Wildman–Crippen MR) is 89.1 cm³/mol. The van der Waals surface area contributed by atoms with Crippen LogP contribution in [0.15, 0.2) is 43.0 Å². The Hall–Kier alpha value is -2.54. The van der Waals surface area contributed by atoms with E-state index in [1.165, 1.54) is 6.20 Å². The molecule has 1 aliphatic heterocycles. The summed E-state index contributed by atoms with van der Waals surface area (Å²) in [7, 11) is 0. The van der Waals surface area contributed by atoms with Crippen molar-refractivity contribution in [2.24, 2.45) is 5.92 Å². The van der Waals surface area contributed by atoms with Crippen molar-refractivity contribution in [1.29, 1.82) is 0 Å². The molecule has 2 aromatic rings. The summed E-state index contributed by atoms with van der Waals surface area (Å²) in [5, 5.41) is 0. The van der Waals surface area contributed by atoms with Crippen LogP contribution in [0.5, 0.6) is 5.88 Å². The van der Waals surface area contributed by atoms with E-state index in [2.05, 4.69) is 15.0 Å². The van der Waals surface area contributed by atoms with Gasteiger partial charge in [0.25, 0.3) is 5.91 Å². The van der Waals surface area contributed by atoms with Crippen molar-refractivity contribution in [3.05, 3.63) is 48.7 Å². The highest BCUT2D eigenvalue weighted by Gasteiger charge is 2.43. The first-order valence-corrected chi connectivity index (χ1v) is 8.53. The summed E-state index contributed by atoms with van der Waals surface area (Å²) in [6, 6.07) is 5.69. The molecule has 2 fully saturated rings. The smallest absolute Gasteiger partial charge is 0.274 e. The van der Waals surface area contributed by atoms with E-state index in [4.69, 9.17) is 9.47 Å². The summed E-state index contributed by atoms with van der Waals surface area (Å²) in [5.41, 5.74) is 0.385. The van der Waals surface area contributed by atoms with Gasteiger partial charge >= 0.3 is 0 Å². The lowest BCUT2D eigenvalue weighted by atomic mass is 10.1. The van der Waals surface area contributed by atoms with Crippen LogP contribution in [0.3, 0.4) is 0 Å². The maximum Gasteiger partial charge on any atom is 0.274 e. The Bertz CT molecular complexity index is 713. The monoisotopic (exact) mass is 340 g/mol. The largest absolute Gasteiger partial charge is 0.477 e. The lowest BCUT2D eigenvalue weighted by molar-refractivity contribution is -0.0450. The lowest BCUT2D eigenvalue weighted by Crippen LogP contribution is -2.51. The first-order chi connectivity index (χ1) is 12.3. The molecule has 2 aliphatic rings. The average Bonchev–Trinajstić information content (AvgIpc) is 3.10. The van der Waals surface area contributed by atoms with E-state index in [9.17, 15) is 4.79 Å². The minimum Gasteiger partial charge on any atom is -0.477 e. The Labute approximate surface area is 146 Å². The molecule has 0 N–H and O–H groups in total. The van der Waals surface area contributed by atoms with Gasteiger partial charge in [0.1, 0.15) is 5.69 Å². The van der Waals surface area contributed by atoms with E-state index in [1.807, 2.05) is 23.1 Å². The third kappa shape index (κ3) is 3.46. The van der Waals surface area contributed by atoms with Crippen LogP contribution in [0.25, 0.3) is 0 Å². The lowest BCUT2D eigenvalue weighted by Gasteiger charge is -2.37. The summed E-state index contributed by atoms with van der Waals surface area (Å²) in [6.07, 6.45) is 8.16. The molecule has 25 heavy (non-hydrogen) atoms. The molecular weight excluding hydrogens is 320 g/mol. The van der Waals surface area contributed by atoms with Crippen LogP contribution in [-0.4, -0.2) is 57.7 Å². The fourth-order valence-electron chi connectivity index (χ4n) is 3.63. The van der Waals surface area contributed by atoms with Gasteiger partial charge in [0.15, 0.2) is 0 Å². The normalized spacial score (nSPS) is 25.4. The number of amides is 1. The highest BCUT2D eigenvalue weighted by atomic mass is 16.5. The Balaban J connectivity index is 1.41. The molecule has 7 nitrogen and oxygen atoms in total. The fraction of sp³-hybridized carbons (Fsp3) is 0.444. The first kappa shape index (κ1) is 16.0. The van der Waals surface area contributed by atoms with Gasteiger partial charge < -0.3 is 14.4 Å². The molecule has 7 heteroatoms. The van der Waals surface area contributed by atoms with Gasteiger partial charge in [-0.3, -0.25) is 9.78 Å². The minimum atomic E-state index is -0.0716. The number of morpholine rings is 1. The molecule has 3 atom stereocenters. The molecule has 1 aliphatic carbocycles. The van der Waals surface area contributed by atoms with Crippen LogP contribution in [-0.2, 0) is 4.74 Å². The van der Waals surface area contributed by atoms with Crippen LogP contribution in [0.2, 0.25) is 0 Å². The minimum absolute atomic E-state index is 0.0618. The molecule has 0 radical (unpaired) electrons.